The molecule has 1 N–H and O–H groups in total. The standard InChI is InChI=1S/C22H27Cl2N3O4S/c1-16(22(29)25-2)26(15-17-8-5-4-6-9-17)21(28)10-7-13-27(32(3,30)31)20-14-18(23)11-12-19(20)24/h4-6,8-9,11-12,14,16H,7,10,13,15H2,1-3H3,(H,25,29). The Morgan fingerprint density at radius 2 is 1.75 bits per heavy atom. The van der Waals surface area contributed by atoms with E-state index in [2.05, 4.69) is 5.32 Å². The van der Waals surface area contributed by atoms with Gasteiger partial charge in [0.2, 0.25) is 21.8 Å². The highest BCUT2D eigenvalue weighted by Gasteiger charge is 2.26. The summed E-state index contributed by atoms with van der Waals surface area (Å²) >= 11 is 12.2. The van der Waals surface area contributed by atoms with Crippen molar-refractivity contribution in [1.29, 1.82) is 0 Å². The molecular formula is C22H27Cl2N3O4S. The Labute approximate surface area is 199 Å². The molecule has 0 heterocycles. The number of carbonyl (C=O) groups is 2. The SMILES string of the molecule is CNC(=O)C(C)N(Cc1ccccc1)C(=O)CCCN(c1cc(Cl)ccc1Cl)S(C)(=O)=O. The topological polar surface area (TPSA) is 86.8 Å². The summed E-state index contributed by atoms with van der Waals surface area (Å²) in [6.07, 6.45) is 1.36. The molecule has 0 aromatic heterocycles. The molecule has 0 bridgehead atoms. The first-order valence-corrected chi connectivity index (χ1v) is 12.6. The van der Waals surface area contributed by atoms with E-state index in [0.717, 1.165) is 16.1 Å². The van der Waals surface area contributed by atoms with E-state index in [1.807, 2.05) is 30.3 Å². The molecule has 0 spiro atoms. The molecule has 1 atom stereocenters. The number of nitrogens with one attached hydrogen (secondary N) is 1. The van der Waals surface area contributed by atoms with Crippen molar-refractivity contribution in [2.75, 3.05) is 24.2 Å². The summed E-state index contributed by atoms with van der Waals surface area (Å²) in [5.74, 6) is -0.534. The maximum atomic E-state index is 13.0. The summed E-state index contributed by atoms with van der Waals surface area (Å²) in [6, 6.07) is 13.2. The summed E-state index contributed by atoms with van der Waals surface area (Å²) in [6.45, 7) is 1.97. The van der Waals surface area contributed by atoms with E-state index in [4.69, 9.17) is 23.2 Å². The molecule has 0 aliphatic rings. The van der Waals surface area contributed by atoms with Gasteiger partial charge in [-0.25, -0.2) is 8.42 Å². The van der Waals surface area contributed by atoms with Crippen molar-refractivity contribution >= 4 is 50.7 Å². The number of hydrogen-bond donors (Lipinski definition) is 1. The first kappa shape index (κ1) is 26.0. The maximum absolute atomic E-state index is 13.0. The molecule has 2 aromatic carbocycles. The molecule has 0 saturated carbocycles. The lowest BCUT2D eigenvalue weighted by molar-refractivity contribution is -0.140. The molecule has 2 amide bonds. The lowest BCUT2D eigenvalue weighted by Gasteiger charge is -2.29. The van der Waals surface area contributed by atoms with Crippen LogP contribution < -0.4 is 9.62 Å². The molecule has 1 unspecified atom stereocenters. The minimum absolute atomic E-state index is 0.0398. The number of halogens is 2. The first-order chi connectivity index (χ1) is 15.0. The van der Waals surface area contributed by atoms with E-state index >= 15 is 0 Å². The fourth-order valence-electron chi connectivity index (χ4n) is 3.23. The Kier molecular flexibility index (Phi) is 9.36. The molecule has 32 heavy (non-hydrogen) atoms. The van der Waals surface area contributed by atoms with Crippen LogP contribution >= 0.6 is 23.2 Å². The summed E-state index contributed by atoms with van der Waals surface area (Å²) < 4.78 is 25.9. The number of benzene rings is 2. The van der Waals surface area contributed by atoms with Crippen molar-refractivity contribution in [3.8, 4) is 0 Å². The van der Waals surface area contributed by atoms with Crippen LogP contribution in [0.5, 0.6) is 0 Å². The zero-order valence-electron chi connectivity index (χ0n) is 18.2. The van der Waals surface area contributed by atoms with Crippen LogP contribution in [0.2, 0.25) is 10.0 Å². The van der Waals surface area contributed by atoms with Crippen molar-refractivity contribution in [2.45, 2.75) is 32.4 Å². The molecule has 0 fully saturated rings. The number of hydrogen-bond acceptors (Lipinski definition) is 4. The number of carbonyl (C=O) groups excluding carboxylic acids is 2. The van der Waals surface area contributed by atoms with Gasteiger partial charge in [-0.3, -0.25) is 13.9 Å². The van der Waals surface area contributed by atoms with Crippen LogP contribution in [0.4, 0.5) is 5.69 Å². The predicted octanol–water partition coefficient (Wildman–Crippen LogP) is 3.70. The van der Waals surface area contributed by atoms with E-state index in [1.165, 1.54) is 24.1 Å². The van der Waals surface area contributed by atoms with Gasteiger partial charge < -0.3 is 10.2 Å². The number of sulfonamides is 1. The average Bonchev–Trinajstić information content (AvgIpc) is 2.75. The van der Waals surface area contributed by atoms with Gasteiger partial charge in [0.15, 0.2) is 0 Å². The monoisotopic (exact) mass is 499 g/mol. The predicted molar refractivity (Wildman–Crippen MR) is 128 cm³/mol. The zero-order valence-corrected chi connectivity index (χ0v) is 20.5. The van der Waals surface area contributed by atoms with E-state index < -0.39 is 16.1 Å². The van der Waals surface area contributed by atoms with E-state index in [9.17, 15) is 18.0 Å². The molecule has 7 nitrogen and oxygen atoms in total. The minimum Gasteiger partial charge on any atom is -0.357 e. The lowest BCUT2D eigenvalue weighted by Crippen LogP contribution is -2.46. The van der Waals surface area contributed by atoms with Gasteiger partial charge in [-0.05, 0) is 37.1 Å². The number of nitrogens with zero attached hydrogens (tertiary/aromatic N) is 2. The van der Waals surface area contributed by atoms with E-state index in [1.54, 1.807) is 13.0 Å². The van der Waals surface area contributed by atoms with Crippen LogP contribution in [0, 0.1) is 0 Å². The quantitative estimate of drug-likeness (QED) is 0.539. The highest BCUT2D eigenvalue weighted by Crippen LogP contribution is 2.31. The van der Waals surface area contributed by atoms with Gasteiger partial charge in [0.05, 0.1) is 17.0 Å². The Bertz CT molecular complexity index is 1050. The van der Waals surface area contributed by atoms with Crippen LogP contribution in [0.1, 0.15) is 25.3 Å². The molecule has 0 radical (unpaired) electrons. The number of likely N-dealkylation sites (N-methyl/N-ethyl adjacent to an activating group) is 1. The first-order valence-electron chi connectivity index (χ1n) is 10.0. The van der Waals surface area contributed by atoms with Gasteiger partial charge in [0, 0.05) is 31.6 Å². The molecule has 2 rings (SSSR count). The summed E-state index contributed by atoms with van der Waals surface area (Å²) in [4.78, 5) is 26.7. The fraction of sp³-hybridized carbons (Fsp3) is 0.364. The van der Waals surface area contributed by atoms with Crippen LogP contribution in [-0.4, -0.2) is 51.0 Å². The van der Waals surface area contributed by atoms with Gasteiger partial charge in [0.25, 0.3) is 0 Å². The van der Waals surface area contributed by atoms with Crippen LogP contribution in [0.15, 0.2) is 48.5 Å². The second-order valence-corrected chi connectivity index (χ2v) is 10.1. The molecular weight excluding hydrogens is 473 g/mol. The van der Waals surface area contributed by atoms with E-state index in [0.29, 0.717) is 5.02 Å². The highest BCUT2D eigenvalue weighted by atomic mass is 35.5. The molecule has 2 aromatic rings. The Balaban J connectivity index is 2.16. The zero-order chi connectivity index (χ0) is 23.9. The highest BCUT2D eigenvalue weighted by molar-refractivity contribution is 7.92. The van der Waals surface area contributed by atoms with Crippen LogP contribution in [0.3, 0.4) is 0 Å². The van der Waals surface area contributed by atoms with Crippen molar-refractivity contribution in [2.24, 2.45) is 0 Å². The van der Waals surface area contributed by atoms with Gasteiger partial charge in [0.1, 0.15) is 6.04 Å². The van der Waals surface area contributed by atoms with Gasteiger partial charge >= 0.3 is 0 Å². The van der Waals surface area contributed by atoms with Gasteiger partial charge in [-0.15, -0.1) is 0 Å². The minimum atomic E-state index is -3.66. The number of amides is 2. The lowest BCUT2D eigenvalue weighted by atomic mass is 10.1. The van der Waals surface area contributed by atoms with Crippen molar-refractivity contribution < 1.29 is 18.0 Å². The fourth-order valence-corrected chi connectivity index (χ4v) is 4.64. The molecule has 0 saturated heterocycles. The average molecular weight is 500 g/mol. The number of anilines is 1. The third-order valence-corrected chi connectivity index (χ3v) is 6.67. The van der Waals surface area contributed by atoms with E-state index in [-0.39, 0.29) is 48.5 Å². The molecule has 0 aliphatic carbocycles. The van der Waals surface area contributed by atoms with Crippen LogP contribution in [-0.2, 0) is 26.2 Å². The van der Waals surface area contributed by atoms with Crippen molar-refractivity contribution in [3.05, 3.63) is 64.1 Å². The van der Waals surface area contributed by atoms with Crippen LogP contribution in [0.25, 0.3) is 0 Å². The van der Waals surface area contributed by atoms with Gasteiger partial charge in [-0.2, -0.15) is 0 Å². The van der Waals surface area contributed by atoms with Gasteiger partial charge in [-0.1, -0.05) is 53.5 Å². The summed E-state index contributed by atoms with van der Waals surface area (Å²) in [7, 11) is -2.14. The normalized spacial score (nSPS) is 12.2. The summed E-state index contributed by atoms with van der Waals surface area (Å²) in [5.41, 5.74) is 1.15. The Morgan fingerprint density at radius 3 is 2.34 bits per heavy atom. The third kappa shape index (κ3) is 7.12. The Hall–Kier alpha value is -2.29. The molecule has 0 aliphatic heterocycles. The summed E-state index contributed by atoms with van der Waals surface area (Å²) in [5, 5.41) is 3.16. The third-order valence-electron chi connectivity index (χ3n) is 4.94. The maximum Gasteiger partial charge on any atom is 0.242 e. The molecule has 10 heteroatoms. The second-order valence-electron chi connectivity index (χ2n) is 7.33. The van der Waals surface area contributed by atoms with Crippen molar-refractivity contribution in [3.63, 3.8) is 0 Å². The largest absolute Gasteiger partial charge is 0.357 e. The number of rotatable bonds is 10. The van der Waals surface area contributed by atoms with Crippen molar-refractivity contribution in [1.82, 2.24) is 10.2 Å². The molecule has 174 valence electrons. The second kappa shape index (κ2) is 11.5. The smallest absolute Gasteiger partial charge is 0.242 e. The Morgan fingerprint density at radius 1 is 1.09 bits per heavy atom.